The number of imidazole rings is 4. The number of rotatable bonds is 0. The fourth-order valence-corrected chi connectivity index (χ4v) is 30.0. The molecule has 32 rings (SSSR count). The van der Waals surface area contributed by atoms with Gasteiger partial charge in [-0.2, -0.15) is 0 Å². The van der Waals surface area contributed by atoms with Crippen molar-refractivity contribution in [2.45, 2.75) is 0 Å². The quantitative estimate of drug-likeness (QED) is 0.138. The third kappa shape index (κ3) is 9.51. The number of hydrogen-bond donors (Lipinski definition) is 0. The van der Waals surface area contributed by atoms with Gasteiger partial charge in [-0.15, -0.1) is 90.7 Å². The van der Waals surface area contributed by atoms with E-state index in [2.05, 4.69) is 281 Å². The Labute approximate surface area is 729 Å². The minimum absolute atomic E-state index is 0.965. The van der Waals surface area contributed by atoms with E-state index in [1.807, 2.05) is 165 Å². The summed E-state index contributed by atoms with van der Waals surface area (Å²) in [5.74, 6) is 0. The van der Waals surface area contributed by atoms with Crippen LogP contribution in [0.3, 0.4) is 0 Å². The first-order chi connectivity index (χ1) is 61.5. The van der Waals surface area contributed by atoms with Crippen LogP contribution < -0.4 is 0 Å². The molecule has 0 unspecified atom stereocenters. The first kappa shape index (κ1) is 68.5. The van der Waals surface area contributed by atoms with E-state index in [1.54, 1.807) is 0 Å². The third-order valence-electron chi connectivity index (χ3n) is 25.2. The van der Waals surface area contributed by atoms with E-state index < -0.39 is 0 Å². The predicted octanol–water partition coefficient (Wildman–Crippen LogP) is 31.1. The van der Waals surface area contributed by atoms with Crippen molar-refractivity contribution in [1.82, 2.24) is 57.5 Å². The summed E-state index contributed by atoms with van der Waals surface area (Å²) in [5, 5.41) is 30.4. The first-order valence-corrected chi connectivity index (χ1v) is 47.2. The lowest BCUT2D eigenvalue weighted by atomic mass is 10.1. The molecule has 124 heavy (non-hydrogen) atoms. The van der Waals surface area contributed by atoms with Gasteiger partial charge in [0.15, 0.2) is 0 Å². The van der Waals surface area contributed by atoms with Gasteiger partial charge in [-0.3, -0.25) is 37.5 Å². The fourth-order valence-electron chi connectivity index (χ4n) is 19.9. The van der Waals surface area contributed by atoms with E-state index in [9.17, 15) is 0 Å². The molecule has 0 amide bonds. The Morgan fingerprint density at radius 2 is 0.435 bits per heavy atom. The van der Waals surface area contributed by atoms with Gasteiger partial charge in [0.1, 0.15) is 22.6 Å². The zero-order valence-corrected chi connectivity index (χ0v) is 71.2. The maximum absolute atomic E-state index is 4.74. The average Bonchev–Trinajstić information content (AvgIpc) is 1.55. The summed E-state index contributed by atoms with van der Waals surface area (Å²) in [5.41, 5.74) is 12.7. The highest BCUT2D eigenvalue weighted by Crippen LogP contribution is 2.52. The van der Waals surface area contributed by atoms with Crippen molar-refractivity contribution in [2.24, 2.45) is 0 Å². The largest absolute Gasteiger partial charge is 0.298 e. The van der Waals surface area contributed by atoms with Crippen molar-refractivity contribution in [3.8, 4) is 0 Å². The Hall–Kier alpha value is -14.2. The van der Waals surface area contributed by atoms with E-state index in [0.29, 0.717) is 0 Å². The number of hydrogen-bond acceptors (Lipinski definition) is 16. The second kappa shape index (κ2) is 25.7. The van der Waals surface area contributed by atoms with Crippen LogP contribution in [0.15, 0.2) is 317 Å². The Morgan fingerprint density at radius 3 is 0.895 bits per heavy atom. The molecule has 576 valence electrons. The van der Waals surface area contributed by atoms with E-state index in [-0.39, 0.29) is 0 Å². The van der Waals surface area contributed by atoms with Gasteiger partial charge in [0, 0.05) is 251 Å². The number of thiophene rings is 8. The monoisotopic (exact) mass is 1720 g/mol. The van der Waals surface area contributed by atoms with Crippen molar-refractivity contribution in [3.63, 3.8) is 0 Å². The molecule has 0 spiro atoms. The first-order valence-electron chi connectivity index (χ1n) is 40.7. The minimum atomic E-state index is 0.965. The van der Waals surface area contributed by atoms with Crippen LogP contribution in [0.1, 0.15) is 0 Å². The van der Waals surface area contributed by atoms with Crippen molar-refractivity contribution >= 4 is 362 Å². The standard InChI is InChI=1S/4C26H13N3S2/c1-2-6-19-16(4-1)21-20(30-19)10-9-14-15-7-8-17-22-18(5-3-11-27-22)26-28-12-13-29(26)23(17)25(15)31-24(14)21;1-2-6-20-14(4-1)15-7-8-17-16-9-10-18-21-19(5-3-11-27-21)26-28-12-13-29(26)22(18)23(16)31-25(17)24(15)30-20;1-2-6-20-14(4-1)18-12-22-19(13-21(18)30-20)15-7-8-16-23-17(5-3-9-27-23)26-28-10-11-29(26)24(16)25(15)31-22;1-2-6-20-14(4-1)18-12-19-15-7-8-16-23-17(5-3-9-27-23)26-28-10-11-29(26)24(16)25(15)31-22(19)13-21(18)30-20/h4*1-13H. The third-order valence-corrected chi connectivity index (χ3v) is 34.8. The summed E-state index contributed by atoms with van der Waals surface area (Å²) in [6, 6.07) is 87.9. The average molecular weight is 1730 g/mol. The minimum Gasteiger partial charge on any atom is -0.298 e. The van der Waals surface area contributed by atoms with Gasteiger partial charge in [0.25, 0.3) is 0 Å². The van der Waals surface area contributed by atoms with Crippen LogP contribution in [0, 0.1) is 0 Å². The zero-order valence-electron chi connectivity index (χ0n) is 64.7. The van der Waals surface area contributed by atoms with Crippen molar-refractivity contribution in [2.75, 3.05) is 0 Å². The molecule has 20 aromatic heterocycles. The number of pyridine rings is 8. The number of aromatic nitrogens is 12. The van der Waals surface area contributed by atoms with Crippen LogP contribution in [0.4, 0.5) is 0 Å². The molecule has 0 aliphatic carbocycles. The molecule has 0 bridgehead atoms. The van der Waals surface area contributed by atoms with Crippen LogP contribution in [0.25, 0.3) is 271 Å². The van der Waals surface area contributed by atoms with Gasteiger partial charge in [-0.25, -0.2) is 19.9 Å². The Morgan fingerprint density at radius 1 is 0.161 bits per heavy atom. The van der Waals surface area contributed by atoms with Gasteiger partial charge in [-0.05, 0) is 127 Å². The Balaban J connectivity index is 0.0000000828. The molecule has 0 saturated carbocycles. The topological polar surface area (TPSA) is 121 Å². The number of fused-ring (bicyclic) bond motifs is 54. The Bertz CT molecular complexity index is 10200. The maximum atomic E-state index is 4.74. The van der Waals surface area contributed by atoms with E-state index >= 15 is 0 Å². The van der Waals surface area contributed by atoms with Gasteiger partial charge in [0.05, 0.1) is 72.3 Å². The molecule has 12 aromatic carbocycles. The van der Waals surface area contributed by atoms with Crippen molar-refractivity contribution in [3.05, 3.63) is 317 Å². The summed E-state index contributed by atoms with van der Waals surface area (Å²) in [4.78, 5) is 37.6. The summed E-state index contributed by atoms with van der Waals surface area (Å²) in [7, 11) is 0. The highest BCUT2D eigenvalue weighted by Gasteiger charge is 2.25. The molecule has 0 N–H and O–H groups in total. The van der Waals surface area contributed by atoms with Crippen LogP contribution in [-0.2, 0) is 0 Å². The Kier molecular flexibility index (Phi) is 14.2. The number of nitrogens with zero attached hydrogens (tertiary/aromatic N) is 12. The second-order valence-electron chi connectivity index (χ2n) is 31.6. The normalized spacial score (nSPS) is 12.5. The highest BCUT2D eigenvalue weighted by atomic mass is 32.1. The maximum Gasteiger partial charge on any atom is 0.146 e. The molecule has 12 nitrogen and oxygen atoms in total. The smallest absolute Gasteiger partial charge is 0.146 e. The van der Waals surface area contributed by atoms with Gasteiger partial charge in [-0.1, -0.05) is 115 Å². The highest BCUT2D eigenvalue weighted by molar-refractivity contribution is 7.34. The zero-order chi connectivity index (χ0) is 80.4. The van der Waals surface area contributed by atoms with Crippen molar-refractivity contribution < 1.29 is 0 Å². The summed E-state index contributed by atoms with van der Waals surface area (Å²) in [6.07, 6.45) is 23.3. The molecule has 20 heterocycles. The molecule has 0 radical (unpaired) electrons. The lowest BCUT2D eigenvalue weighted by Gasteiger charge is -2.08. The lowest BCUT2D eigenvalue weighted by Crippen LogP contribution is -1.92. The van der Waals surface area contributed by atoms with Gasteiger partial charge < -0.3 is 0 Å². The molecular formula is C104H52N12S8. The fraction of sp³-hybridized carbons (Fsp3) is 0. The molecule has 0 saturated heterocycles. The summed E-state index contributed by atoms with van der Waals surface area (Å²) < 4.78 is 30.3. The lowest BCUT2D eigenvalue weighted by molar-refractivity contribution is 1.27. The van der Waals surface area contributed by atoms with E-state index in [1.165, 1.54) is 205 Å². The van der Waals surface area contributed by atoms with E-state index in [4.69, 9.17) is 19.9 Å². The molecule has 32 aromatic rings. The van der Waals surface area contributed by atoms with Gasteiger partial charge >= 0.3 is 0 Å². The van der Waals surface area contributed by atoms with Gasteiger partial charge in [0.2, 0.25) is 0 Å². The molecule has 0 atom stereocenters. The van der Waals surface area contributed by atoms with Crippen LogP contribution in [0.2, 0.25) is 0 Å². The van der Waals surface area contributed by atoms with Crippen LogP contribution >= 0.6 is 90.7 Å². The van der Waals surface area contributed by atoms with Crippen LogP contribution in [0.5, 0.6) is 0 Å². The molecule has 0 aliphatic rings. The SMILES string of the molecule is c1ccc2c(c1)sc1c2ccc2c3ccc4c5ncccc5c5nccn5c4c3sc21.c1ccc2c(c1)sc1cc3c(cc12)sc1c3ccc2c3ncccc3c3nccn3c21.c1ccc2c(c1)sc1cc3sc4c(ccc5c6ncccc6c6nccn6c54)c3cc12.c1ccc2c(c1)sc1ccc3c4ccc5c6ncccc6c6nccn6c5c4sc3c12. The molecule has 20 heteroatoms. The number of benzene rings is 12. The van der Waals surface area contributed by atoms with E-state index in [0.717, 1.165) is 66.2 Å². The summed E-state index contributed by atoms with van der Waals surface area (Å²) in [6.45, 7) is 0. The second-order valence-corrected chi connectivity index (χ2v) is 40.0. The predicted molar refractivity (Wildman–Crippen MR) is 535 cm³/mol. The van der Waals surface area contributed by atoms with Crippen molar-refractivity contribution in [1.29, 1.82) is 0 Å². The molecule has 0 aliphatic heterocycles. The molecular weight excluding hydrogens is 1670 g/mol. The van der Waals surface area contributed by atoms with Crippen LogP contribution in [-0.4, -0.2) is 57.5 Å². The molecule has 0 fully saturated rings. The summed E-state index contributed by atoms with van der Waals surface area (Å²) >= 11 is 15.1.